The van der Waals surface area contributed by atoms with Gasteiger partial charge in [0.05, 0.1) is 17.6 Å². The van der Waals surface area contributed by atoms with Crippen LogP contribution in [0.25, 0.3) is 0 Å². The standard InChI is InChI=1S/C26H30ClN3O4S/c1-19(2)25(29-35(32,33)24-12-10-23(27)11-13-24)18-30(17-21-5-4-14-28-15-21)16-20-6-8-22(9-7-20)26(31)34-3/h4-15,19,25,29H,16-18H2,1-3H3. The zero-order valence-electron chi connectivity index (χ0n) is 20.0. The highest BCUT2D eigenvalue weighted by Crippen LogP contribution is 2.18. The summed E-state index contributed by atoms with van der Waals surface area (Å²) in [5.41, 5.74) is 2.48. The summed E-state index contributed by atoms with van der Waals surface area (Å²) in [5.74, 6) is -0.351. The summed E-state index contributed by atoms with van der Waals surface area (Å²) in [4.78, 5) is 18.3. The number of esters is 1. The highest BCUT2D eigenvalue weighted by atomic mass is 35.5. The average Bonchev–Trinajstić information content (AvgIpc) is 2.84. The Labute approximate surface area is 212 Å². The largest absolute Gasteiger partial charge is 0.465 e. The Morgan fingerprint density at radius 2 is 1.69 bits per heavy atom. The van der Waals surface area contributed by atoms with Crippen LogP contribution in [0.4, 0.5) is 0 Å². The molecule has 0 amide bonds. The lowest BCUT2D eigenvalue weighted by Gasteiger charge is -2.30. The predicted octanol–water partition coefficient (Wildman–Crippen LogP) is 4.53. The molecule has 1 unspecified atom stereocenters. The molecule has 0 bridgehead atoms. The van der Waals surface area contributed by atoms with Gasteiger partial charge in [-0.15, -0.1) is 0 Å². The molecule has 9 heteroatoms. The van der Waals surface area contributed by atoms with E-state index in [9.17, 15) is 13.2 Å². The van der Waals surface area contributed by atoms with Crippen molar-refractivity contribution in [2.24, 2.45) is 5.92 Å². The first kappa shape index (κ1) is 26.8. The summed E-state index contributed by atoms with van der Waals surface area (Å²) < 4.78 is 33.8. The Balaban J connectivity index is 1.82. The maximum absolute atomic E-state index is 13.1. The normalized spacial score (nSPS) is 12.6. The summed E-state index contributed by atoms with van der Waals surface area (Å²) in [6, 6.07) is 16.9. The lowest BCUT2D eigenvalue weighted by atomic mass is 10.0. The summed E-state index contributed by atoms with van der Waals surface area (Å²) in [5, 5.41) is 0.477. The third kappa shape index (κ3) is 7.86. The topological polar surface area (TPSA) is 88.6 Å². The fourth-order valence-electron chi connectivity index (χ4n) is 3.60. The van der Waals surface area contributed by atoms with E-state index in [1.165, 1.54) is 19.2 Å². The highest BCUT2D eigenvalue weighted by Gasteiger charge is 2.25. The number of pyridine rings is 1. The molecular weight excluding hydrogens is 486 g/mol. The van der Waals surface area contributed by atoms with Crippen LogP contribution < -0.4 is 4.72 Å². The molecule has 7 nitrogen and oxygen atoms in total. The summed E-state index contributed by atoms with van der Waals surface area (Å²) >= 11 is 5.92. The van der Waals surface area contributed by atoms with Gasteiger partial charge in [0.15, 0.2) is 0 Å². The van der Waals surface area contributed by atoms with Crippen molar-refractivity contribution in [2.75, 3.05) is 13.7 Å². The van der Waals surface area contributed by atoms with E-state index >= 15 is 0 Å². The van der Waals surface area contributed by atoms with Gasteiger partial charge in [-0.3, -0.25) is 9.88 Å². The SMILES string of the molecule is COC(=O)c1ccc(CN(Cc2cccnc2)CC(NS(=O)(=O)c2ccc(Cl)cc2)C(C)C)cc1. The molecule has 186 valence electrons. The van der Waals surface area contributed by atoms with Crippen molar-refractivity contribution in [3.8, 4) is 0 Å². The molecule has 1 atom stereocenters. The van der Waals surface area contributed by atoms with E-state index in [1.54, 1.807) is 36.7 Å². The van der Waals surface area contributed by atoms with Crippen LogP contribution in [0.15, 0.2) is 78.0 Å². The van der Waals surface area contributed by atoms with Crippen LogP contribution in [0.1, 0.15) is 35.3 Å². The Morgan fingerprint density at radius 3 is 2.26 bits per heavy atom. The number of aromatic nitrogens is 1. The quantitative estimate of drug-likeness (QED) is 0.377. The number of hydrogen-bond acceptors (Lipinski definition) is 6. The number of benzene rings is 2. The van der Waals surface area contributed by atoms with Gasteiger partial charge in [0.1, 0.15) is 0 Å². The molecule has 35 heavy (non-hydrogen) atoms. The number of nitrogens with one attached hydrogen (secondary N) is 1. The van der Waals surface area contributed by atoms with Gasteiger partial charge in [0.25, 0.3) is 0 Å². The zero-order valence-corrected chi connectivity index (χ0v) is 21.6. The minimum absolute atomic E-state index is 0.0372. The second kappa shape index (κ2) is 12.3. The number of carbonyl (C=O) groups is 1. The van der Waals surface area contributed by atoms with Gasteiger partial charge >= 0.3 is 5.97 Å². The molecule has 0 saturated carbocycles. The maximum atomic E-state index is 13.1. The maximum Gasteiger partial charge on any atom is 0.337 e. The van der Waals surface area contributed by atoms with Crippen molar-refractivity contribution in [1.29, 1.82) is 0 Å². The van der Waals surface area contributed by atoms with E-state index < -0.39 is 10.0 Å². The van der Waals surface area contributed by atoms with Gasteiger partial charge in [0.2, 0.25) is 10.0 Å². The summed E-state index contributed by atoms with van der Waals surface area (Å²) in [7, 11) is -2.38. The lowest BCUT2D eigenvalue weighted by Crippen LogP contribution is -2.46. The van der Waals surface area contributed by atoms with Crippen LogP contribution in [-0.4, -0.2) is 44.0 Å². The molecular formula is C26H30ClN3O4S. The predicted molar refractivity (Wildman–Crippen MR) is 137 cm³/mol. The second-order valence-corrected chi connectivity index (χ2v) is 10.8. The Kier molecular flexibility index (Phi) is 9.40. The van der Waals surface area contributed by atoms with E-state index in [0.29, 0.717) is 30.2 Å². The fourth-order valence-corrected chi connectivity index (χ4v) is 5.10. The summed E-state index contributed by atoms with van der Waals surface area (Å²) in [6.07, 6.45) is 3.52. The molecule has 0 aliphatic heterocycles. The second-order valence-electron chi connectivity index (χ2n) is 8.65. The van der Waals surface area contributed by atoms with E-state index in [4.69, 9.17) is 16.3 Å². The fraction of sp³-hybridized carbons (Fsp3) is 0.308. The number of halogens is 1. The minimum atomic E-state index is -3.73. The lowest BCUT2D eigenvalue weighted by molar-refractivity contribution is 0.0600. The van der Waals surface area contributed by atoms with Gasteiger partial charge in [-0.25, -0.2) is 17.9 Å². The first-order valence-electron chi connectivity index (χ1n) is 11.2. The molecule has 2 aromatic carbocycles. The minimum Gasteiger partial charge on any atom is -0.465 e. The molecule has 0 aliphatic rings. The van der Waals surface area contributed by atoms with Crippen LogP contribution in [0.3, 0.4) is 0 Å². The molecule has 0 radical (unpaired) electrons. The number of ether oxygens (including phenoxy) is 1. The van der Waals surface area contributed by atoms with Crippen molar-refractivity contribution >= 4 is 27.6 Å². The van der Waals surface area contributed by atoms with E-state index in [2.05, 4.69) is 14.6 Å². The molecule has 1 aromatic heterocycles. The molecule has 0 fully saturated rings. The van der Waals surface area contributed by atoms with Gasteiger partial charge in [-0.05, 0) is 59.5 Å². The van der Waals surface area contributed by atoms with E-state index in [-0.39, 0.29) is 22.8 Å². The number of carbonyl (C=O) groups excluding carboxylic acids is 1. The highest BCUT2D eigenvalue weighted by molar-refractivity contribution is 7.89. The smallest absolute Gasteiger partial charge is 0.337 e. The molecule has 1 heterocycles. The van der Waals surface area contributed by atoms with Crippen molar-refractivity contribution in [2.45, 2.75) is 37.9 Å². The molecule has 0 saturated heterocycles. The first-order valence-corrected chi connectivity index (χ1v) is 13.1. The van der Waals surface area contributed by atoms with Crippen molar-refractivity contribution < 1.29 is 17.9 Å². The Bertz CT molecular complexity index is 1200. The molecule has 3 aromatic rings. The van der Waals surface area contributed by atoms with Crippen molar-refractivity contribution in [3.63, 3.8) is 0 Å². The first-order chi connectivity index (χ1) is 16.7. The molecule has 0 aliphatic carbocycles. The Hall–Kier alpha value is -2.78. The van der Waals surface area contributed by atoms with E-state index in [1.807, 2.05) is 38.1 Å². The van der Waals surface area contributed by atoms with Crippen LogP contribution >= 0.6 is 11.6 Å². The monoisotopic (exact) mass is 515 g/mol. The van der Waals surface area contributed by atoms with Crippen LogP contribution in [0.5, 0.6) is 0 Å². The Morgan fingerprint density at radius 1 is 1.03 bits per heavy atom. The van der Waals surface area contributed by atoms with Crippen LogP contribution in [0.2, 0.25) is 5.02 Å². The van der Waals surface area contributed by atoms with Gasteiger partial charge < -0.3 is 4.74 Å². The van der Waals surface area contributed by atoms with Crippen LogP contribution in [0, 0.1) is 5.92 Å². The molecule has 1 N–H and O–H groups in total. The molecule has 3 rings (SSSR count). The van der Waals surface area contributed by atoms with E-state index in [0.717, 1.165) is 11.1 Å². The van der Waals surface area contributed by atoms with Crippen molar-refractivity contribution in [1.82, 2.24) is 14.6 Å². The third-order valence-corrected chi connectivity index (χ3v) is 7.36. The third-order valence-electron chi connectivity index (χ3n) is 5.60. The van der Waals surface area contributed by atoms with Crippen LogP contribution in [-0.2, 0) is 27.8 Å². The zero-order chi connectivity index (χ0) is 25.4. The number of nitrogens with zero attached hydrogens (tertiary/aromatic N) is 2. The number of hydrogen-bond donors (Lipinski definition) is 1. The number of rotatable bonds is 11. The molecule has 0 spiro atoms. The number of methoxy groups -OCH3 is 1. The van der Waals surface area contributed by atoms with Crippen molar-refractivity contribution in [3.05, 3.63) is 94.8 Å². The number of sulfonamides is 1. The average molecular weight is 516 g/mol. The van der Waals surface area contributed by atoms with Gasteiger partial charge in [-0.1, -0.05) is 43.6 Å². The van der Waals surface area contributed by atoms with Gasteiger partial charge in [0, 0.05) is 43.1 Å². The van der Waals surface area contributed by atoms with Gasteiger partial charge in [-0.2, -0.15) is 0 Å². The summed E-state index contributed by atoms with van der Waals surface area (Å²) in [6.45, 7) is 5.59.